The predicted molar refractivity (Wildman–Crippen MR) is 26.9 cm³/mol. The van der Waals surface area contributed by atoms with Crippen LogP contribution in [0.2, 0.25) is 0 Å². The minimum absolute atomic E-state index is 0. The van der Waals surface area contributed by atoms with Gasteiger partial charge in [-0.05, 0) is 26.7 Å². The first kappa shape index (κ1) is 30.9. The maximum atomic E-state index is 7.50. The van der Waals surface area contributed by atoms with Crippen LogP contribution in [0.15, 0.2) is 0 Å². The molecular weight excluding hydrogens is 188 g/mol. The Hall–Kier alpha value is -0.261. The van der Waals surface area contributed by atoms with Crippen molar-refractivity contribution < 1.29 is 31.0 Å². The van der Waals surface area contributed by atoms with Crippen LogP contribution < -0.4 is 0 Å². The second-order valence-electron chi connectivity index (χ2n) is 0.289. The van der Waals surface area contributed by atoms with E-state index < -0.39 is 0 Å². The van der Waals surface area contributed by atoms with E-state index in [2.05, 4.69) is 33.8 Å². The first-order valence-electron chi connectivity index (χ1n) is 1.44. The molecule has 0 aliphatic rings. The van der Waals surface area contributed by atoms with Crippen LogP contribution in [0.5, 0.6) is 0 Å². The Kier molecular flexibility index (Phi) is 691. The SMILES string of the molecule is [C-]#[O+].[C-]#[O+].[C-]#[O+].[CH][C][C][CH].[Fe]. The van der Waals surface area contributed by atoms with Crippen LogP contribution in [0.3, 0.4) is 0 Å². The predicted octanol–water partition coefficient (Wildman–Crippen LogP) is 0.456. The maximum Gasteiger partial charge on any atom is 0 e. The van der Waals surface area contributed by atoms with Gasteiger partial charge in [-0.25, -0.2) is 0 Å². The summed E-state index contributed by atoms with van der Waals surface area (Å²) in [6.07, 6.45) is 3.92. The van der Waals surface area contributed by atoms with E-state index in [1.165, 1.54) is 0 Å². The van der Waals surface area contributed by atoms with Crippen molar-refractivity contribution in [3.8, 4) is 0 Å². The summed E-state index contributed by atoms with van der Waals surface area (Å²) in [6, 6.07) is 0. The van der Waals surface area contributed by atoms with Crippen molar-refractivity contribution in [2.24, 2.45) is 0 Å². The molecule has 0 aliphatic carbocycles. The zero-order valence-corrected chi connectivity index (χ0v) is 6.34. The van der Waals surface area contributed by atoms with Crippen molar-refractivity contribution in [2.45, 2.75) is 0 Å². The molecule has 4 heteroatoms. The quantitative estimate of drug-likeness (QED) is 0.327. The topological polar surface area (TPSA) is 59.7 Å². The molecule has 56 valence electrons. The van der Waals surface area contributed by atoms with E-state index >= 15 is 0 Å². The van der Waals surface area contributed by atoms with Gasteiger partial charge in [0.2, 0.25) is 0 Å². The Morgan fingerprint density at radius 1 is 0.727 bits per heavy atom. The summed E-state index contributed by atoms with van der Waals surface area (Å²) in [4.78, 5) is 0. The molecule has 0 atom stereocenters. The molecule has 3 nitrogen and oxygen atoms in total. The van der Waals surface area contributed by atoms with Crippen molar-refractivity contribution >= 4 is 0 Å². The molecule has 0 N–H and O–H groups in total. The fourth-order valence-corrected chi connectivity index (χ4v) is 0. The van der Waals surface area contributed by atoms with E-state index in [-0.39, 0.29) is 17.1 Å². The molecule has 0 saturated carbocycles. The van der Waals surface area contributed by atoms with Crippen molar-refractivity contribution in [3.05, 3.63) is 46.6 Å². The first-order valence-corrected chi connectivity index (χ1v) is 1.44. The summed E-state index contributed by atoms with van der Waals surface area (Å²) in [6.45, 7) is 22.6. The molecule has 0 heterocycles. The van der Waals surface area contributed by atoms with Crippen molar-refractivity contribution in [3.63, 3.8) is 0 Å². The Morgan fingerprint density at radius 2 is 0.818 bits per heavy atom. The van der Waals surface area contributed by atoms with Crippen molar-refractivity contribution in [1.82, 2.24) is 0 Å². The second-order valence-corrected chi connectivity index (χ2v) is 0.289. The van der Waals surface area contributed by atoms with Gasteiger partial charge in [0, 0.05) is 17.1 Å². The molecule has 0 aromatic carbocycles. The number of rotatable bonds is 1. The van der Waals surface area contributed by atoms with E-state index in [0.29, 0.717) is 0 Å². The summed E-state index contributed by atoms with van der Waals surface area (Å²) >= 11 is 0. The van der Waals surface area contributed by atoms with Gasteiger partial charge in [0.1, 0.15) is 0 Å². The van der Waals surface area contributed by atoms with Gasteiger partial charge in [-0.15, -0.1) is 0 Å². The third kappa shape index (κ3) is 1070. The number of hydrogen-bond acceptors (Lipinski definition) is 0. The average molecular weight is 190 g/mol. The van der Waals surface area contributed by atoms with E-state index in [4.69, 9.17) is 14.0 Å². The molecule has 0 spiro atoms. The Balaban J connectivity index is -0.0000000152. The fourth-order valence-electron chi connectivity index (χ4n) is 0. The van der Waals surface area contributed by atoms with Crippen molar-refractivity contribution in [1.29, 1.82) is 0 Å². The normalized spacial score (nSPS) is 3.27. The van der Waals surface area contributed by atoms with Gasteiger partial charge >= 0.3 is 33.9 Å². The van der Waals surface area contributed by atoms with E-state index in [0.717, 1.165) is 0 Å². The summed E-state index contributed by atoms with van der Waals surface area (Å²) in [5.41, 5.74) is 0. The number of unbranched alkanes of at least 4 members (excludes halogenated alkanes) is 1. The minimum atomic E-state index is 0. The molecule has 0 amide bonds. The van der Waals surface area contributed by atoms with Crippen LogP contribution in [0.25, 0.3) is 0 Å². The van der Waals surface area contributed by atoms with Crippen LogP contribution in [-0.4, -0.2) is 0 Å². The standard InChI is InChI=1S/C4H2.3CO.Fe/c1-3-4-2;3*1-2;/h1-2H;;;;. The zero-order chi connectivity index (χ0) is 9.41. The summed E-state index contributed by atoms with van der Waals surface area (Å²) in [7, 11) is 0. The van der Waals surface area contributed by atoms with Gasteiger partial charge < -0.3 is 0 Å². The molecule has 0 aromatic rings. The van der Waals surface area contributed by atoms with Crippen molar-refractivity contribution in [2.75, 3.05) is 0 Å². The van der Waals surface area contributed by atoms with Crippen LogP contribution in [0.4, 0.5) is 0 Å². The van der Waals surface area contributed by atoms with E-state index in [1.807, 2.05) is 12.8 Å². The third-order valence-electron chi connectivity index (χ3n) is 0.0833. The average Bonchev–Trinajstić information content (AvgIpc) is 2.14. The van der Waals surface area contributed by atoms with Crippen LogP contribution in [0, 0.1) is 46.6 Å². The Bertz CT molecular complexity index is 59.2. The van der Waals surface area contributed by atoms with Gasteiger partial charge in [-0.2, -0.15) is 0 Å². The van der Waals surface area contributed by atoms with Gasteiger partial charge in [0.05, 0.1) is 0 Å². The number of hydrogen-bond donors (Lipinski definition) is 0. The van der Waals surface area contributed by atoms with E-state index in [9.17, 15) is 0 Å². The van der Waals surface area contributed by atoms with Crippen LogP contribution in [-0.2, 0) is 31.0 Å². The summed E-state index contributed by atoms with van der Waals surface area (Å²) < 4.78 is 22.5. The molecule has 11 heavy (non-hydrogen) atoms. The van der Waals surface area contributed by atoms with Gasteiger partial charge in [0.25, 0.3) is 0 Å². The second kappa shape index (κ2) is 246. The fraction of sp³-hybridized carbons (Fsp3) is 0. The first-order chi connectivity index (χ1) is 4.91. The van der Waals surface area contributed by atoms with Gasteiger partial charge in [0.15, 0.2) is 0 Å². The molecule has 0 aromatic heterocycles. The summed E-state index contributed by atoms with van der Waals surface area (Å²) in [5.74, 6) is 0. The molecule has 0 aliphatic heterocycles. The minimum Gasteiger partial charge on any atom is -0.0265 e. The molecule has 0 bridgehead atoms. The third-order valence-corrected chi connectivity index (χ3v) is 0.0833. The maximum absolute atomic E-state index is 7.50. The molecule has 8 radical (unpaired) electrons. The molecule has 0 saturated heterocycles. The van der Waals surface area contributed by atoms with Crippen LogP contribution in [0.1, 0.15) is 0 Å². The monoisotopic (exact) mass is 190 g/mol. The van der Waals surface area contributed by atoms with Gasteiger partial charge in [-0.3, -0.25) is 0 Å². The molecule has 0 fully saturated rings. The smallest absolute Gasteiger partial charge is 0 e. The Morgan fingerprint density at radius 3 is 0.818 bits per heavy atom. The Labute approximate surface area is 78.2 Å². The van der Waals surface area contributed by atoms with Crippen LogP contribution >= 0.6 is 0 Å². The summed E-state index contributed by atoms with van der Waals surface area (Å²) in [5, 5.41) is 0. The molecule has 0 rings (SSSR count). The zero-order valence-electron chi connectivity index (χ0n) is 5.23. The largest absolute Gasteiger partial charge is 0.0265 e. The van der Waals surface area contributed by atoms with E-state index in [1.54, 1.807) is 0 Å². The molecule has 0 unspecified atom stereocenters. The molecular formula is C7H2FeO3. The van der Waals surface area contributed by atoms with Gasteiger partial charge in [-0.1, -0.05) is 0 Å².